The molecule has 1 atom stereocenters. The van der Waals surface area contributed by atoms with Crippen LogP contribution in [0.3, 0.4) is 0 Å². The number of carbonyl (C=O) groups is 1. The Kier molecular flexibility index (Phi) is 5.37. The van der Waals surface area contributed by atoms with Crippen molar-refractivity contribution in [2.75, 3.05) is 13.7 Å². The third kappa shape index (κ3) is 3.63. The summed E-state index contributed by atoms with van der Waals surface area (Å²) < 4.78 is 6.04. The van der Waals surface area contributed by atoms with Gasteiger partial charge in [0.25, 0.3) is 0 Å². The van der Waals surface area contributed by atoms with Crippen LogP contribution in [0.15, 0.2) is 30.3 Å². The van der Waals surface area contributed by atoms with Crippen molar-refractivity contribution in [1.82, 2.24) is 5.32 Å². The van der Waals surface area contributed by atoms with Crippen molar-refractivity contribution >= 4 is 5.91 Å². The van der Waals surface area contributed by atoms with Crippen LogP contribution < -0.4 is 11.1 Å². The highest BCUT2D eigenvalue weighted by Crippen LogP contribution is 2.28. The molecule has 4 nitrogen and oxygen atoms in total. The van der Waals surface area contributed by atoms with Crippen LogP contribution in [0.4, 0.5) is 0 Å². The van der Waals surface area contributed by atoms with Crippen LogP contribution in [-0.4, -0.2) is 25.7 Å². The molecular formula is C17H26N2O2. The summed E-state index contributed by atoms with van der Waals surface area (Å²) in [6.07, 6.45) is 4.75. The minimum Gasteiger partial charge on any atom is -0.375 e. The molecule has 1 unspecified atom stereocenters. The van der Waals surface area contributed by atoms with Gasteiger partial charge in [0.05, 0.1) is 12.7 Å². The Bertz CT molecular complexity index is 455. The predicted molar refractivity (Wildman–Crippen MR) is 83.7 cm³/mol. The Morgan fingerprint density at radius 1 is 1.29 bits per heavy atom. The van der Waals surface area contributed by atoms with Crippen LogP contribution in [0.1, 0.15) is 38.2 Å². The molecule has 0 heterocycles. The summed E-state index contributed by atoms with van der Waals surface area (Å²) in [5.74, 6) is 0.379. The maximum atomic E-state index is 12.1. The highest BCUT2D eigenvalue weighted by Gasteiger charge is 2.38. The lowest BCUT2D eigenvalue weighted by molar-refractivity contribution is -0.129. The van der Waals surface area contributed by atoms with Crippen LogP contribution >= 0.6 is 0 Å². The van der Waals surface area contributed by atoms with Gasteiger partial charge in [-0.2, -0.15) is 0 Å². The number of hydrogen-bond acceptors (Lipinski definition) is 3. The average molecular weight is 290 g/mol. The topological polar surface area (TPSA) is 64.3 Å². The summed E-state index contributed by atoms with van der Waals surface area (Å²) >= 11 is 0. The number of primary amides is 1. The normalized spacial score (nSPS) is 25.2. The highest BCUT2D eigenvalue weighted by molar-refractivity contribution is 5.86. The first-order chi connectivity index (χ1) is 10.1. The zero-order valence-electron chi connectivity index (χ0n) is 13.0. The van der Waals surface area contributed by atoms with Gasteiger partial charge >= 0.3 is 0 Å². The summed E-state index contributed by atoms with van der Waals surface area (Å²) in [7, 11) is 1.75. The summed E-state index contributed by atoms with van der Waals surface area (Å²) in [6.45, 7) is 2.56. The maximum Gasteiger partial charge on any atom is 0.244 e. The molecule has 4 heteroatoms. The molecule has 2 rings (SSSR count). The van der Waals surface area contributed by atoms with Gasteiger partial charge in [-0.25, -0.2) is 0 Å². The van der Waals surface area contributed by atoms with E-state index in [0.29, 0.717) is 0 Å². The molecule has 0 radical (unpaired) electrons. The molecule has 116 valence electrons. The van der Waals surface area contributed by atoms with Gasteiger partial charge in [-0.15, -0.1) is 0 Å². The molecular weight excluding hydrogens is 264 g/mol. The van der Waals surface area contributed by atoms with Crippen molar-refractivity contribution in [2.45, 2.75) is 44.2 Å². The van der Waals surface area contributed by atoms with Gasteiger partial charge in [0.15, 0.2) is 0 Å². The third-order valence-corrected chi connectivity index (χ3v) is 4.61. The van der Waals surface area contributed by atoms with E-state index in [1.54, 1.807) is 7.05 Å². The zero-order chi connectivity index (χ0) is 15.3. The Balaban J connectivity index is 2.09. The Labute approximate surface area is 127 Å². The second kappa shape index (κ2) is 7.05. The first-order valence-corrected chi connectivity index (χ1v) is 7.74. The standard InChI is InChI=1S/C17H26N2O2/c1-13-8-10-15(11-9-13)21-12-17(19-2,16(18)20)14-6-4-3-5-7-14/h3-7,13,15,19H,8-12H2,1-2H3,(H2,18,20). The Hall–Kier alpha value is -1.39. The fourth-order valence-corrected chi connectivity index (χ4v) is 3.00. The fourth-order valence-electron chi connectivity index (χ4n) is 3.00. The van der Waals surface area contributed by atoms with E-state index in [9.17, 15) is 4.79 Å². The van der Waals surface area contributed by atoms with Crippen LogP contribution in [0, 0.1) is 5.92 Å². The number of likely N-dealkylation sites (N-methyl/N-ethyl adjacent to an activating group) is 1. The molecule has 1 fully saturated rings. The zero-order valence-corrected chi connectivity index (χ0v) is 13.0. The predicted octanol–water partition coefficient (Wildman–Crippen LogP) is 2.18. The van der Waals surface area contributed by atoms with E-state index in [2.05, 4.69) is 12.2 Å². The first kappa shape index (κ1) is 16.0. The average Bonchev–Trinajstić information content (AvgIpc) is 2.51. The summed E-state index contributed by atoms with van der Waals surface area (Å²) in [5, 5.41) is 3.08. The molecule has 3 N–H and O–H groups in total. The van der Waals surface area contributed by atoms with Crippen molar-refractivity contribution in [3.8, 4) is 0 Å². The lowest BCUT2D eigenvalue weighted by Crippen LogP contribution is -2.55. The van der Waals surface area contributed by atoms with Crippen LogP contribution in [0.25, 0.3) is 0 Å². The van der Waals surface area contributed by atoms with Crippen molar-refractivity contribution < 1.29 is 9.53 Å². The van der Waals surface area contributed by atoms with Gasteiger partial charge in [-0.1, -0.05) is 37.3 Å². The molecule has 0 aliphatic heterocycles. The lowest BCUT2D eigenvalue weighted by Gasteiger charge is -2.34. The molecule has 1 saturated carbocycles. The minimum atomic E-state index is -0.954. The lowest BCUT2D eigenvalue weighted by atomic mass is 9.87. The second-order valence-corrected chi connectivity index (χ2v) is 6.08. The number of benzene rings is 1. The minimum absolute atomic E-state index is 0.233. The van der Waals surface area contributed by atoms with E-state index in [1.165, 1.54) is 12.8 Å². The van der Waals surface area contributed by atoms with Gasteiger partial charge in [0.1, 0.15) is 5.54 Å². The van der Waals surface area contributed by atoms with Gasteiger partial charge in [-0.05, 0) is 44.2 Å². The summed E-state index contributed by atoms with van der Waals surface area (Å²) in [6, 6.07) is 9.56. The van der Waals surface area contributed by atoms with E-state index in [1.807, 2.05) is 30.3 Å². The van der Waals surface area contributed by atoms with E-state index in [0.717, 1.165) is 24.3 Å². The molecule has 1 aromatic carbocycles. The smallest absolute Gasteiger partial charge is 0.244 e. The number of carbonyl (C=O) groups excluding carboxylic acids is 1. The molecule has 0 spiro atoms. The van der Waals surface area contributed by atoms with E-state index in [-0.39, 0.29) is 12.7 Å². The van der Waals surface area contributed by atoms with Crippen LogP contribution in [0.5, 0.6) is 0 Å². The number of hydrogen-bond donors (Lipinski definition) is 2. The number of amides is 1. The van der Waals surface area contributed by atoms with Gasteiger partial charge in [0.2, 0.25) is 5.91 Å². The summed E-state index contributed by atoms with van der Waals surface area (Å²) in [4.78, 5) is 12.1. The van der Waals surface area contributed by atoms with Crippen LogP contribution in [0.2, 0.25) is 0 Å². The van der Waals surface area contributed by atoms with Crippen molar-refractivity contribution in [3.05, 3.63) is 35.9 Å². The SMILES string of the molecule is CNC(COC1CCC(C)CC1)(C(N)=O)c1ccccc1. The number of nitrogens with two attached hydrogens (primary N) is 1. The molecule has 0 saturated heterocycles. The van der Waals surface area contributed by atoms with Gasteiger partial charge in [-0.3, -0.25) is 4.79 Å². The van der Waals surface area contributed by atoms with Crippen molar-refractivity contribution in [1.29, 1.82) is 0 Å². The monoisotopic (exact) mass is 290 g/mol. The molecule has 0 bridgehead atoms. The Morgan fingerprint density at radius 3 is 2.43 bits per heavy atom. The number of ether oxygens (including phenoxy) is 1. The van der Waals surface area contributed by atoms with E-state index in [4.69, 9.17) is 10.5 Å². The third-order valence-electron chi connectivity index (χ3n) is 4.61. The highest BCUT2D eigenvalue weighted by atomic mass is 16.5. The second-order valence-electron chi connectivity index (χ2n) is 6.08. The number of rotatable bonds is 6. The molecule has 1 aromatic rings. The van der Waals surface area contributed by atoms with E-state index >= 15 is 0 Å². The summed E-state index contributed by atoms with van der Waals surface area (Å²) in [5.41, 5.74) is 5.57. The molecule has 1 aliphatic carbocycles. The quantitative estimate of drug-likeness (QED) is 0.844. The van der Waals surface area contributed by atoms with Gasteiger partial charge in [0, 0.05) is 0 Å². The van der Waals surface area contributed by atoms with Gasteiger partial charge < -0.3 is 15.8 Å². The largest absolute Gasteiger partial charge is 0.375 e. The van der Waals surface area contributed by atoms with Crippen molar-refractivity contribution in [3.63, 3.8) is 0 Å². The van der Waals surface area contributed by atoms with Crippen molar-refractivity contribution in [2.24, 2.45) is 11.7 Å². The molecule has 1 aliphatic rings. The molecule has 0 aromatic heterocycles. The molecule has 1 amide bonds. The van der Waals surface area contributed by atoms with E-state index < -0.39 is 11.4 Å². The first-order valence-electron chi connectivity index (χ1n) is 7.74. The maximum absolute atomic E-state index is 12.1. The number of nitrogens with one attached hydrogen (secondary N) is 1. The Morgan fingerprint density at radius 2 is 1.90 bits per heavy atom. The fraction of sp³-hybridized carbons (Fsp3) is 0.588. The molecule has 21 heavy (non-hydrogen) atoms. The van der Waals surface area contributed by atoms with Crippen LogP contribution in [-0.2, 0) is 15.1 Å².